The van der Waals surface area contributed by atoms with E-state index in [-0.39, 0.29) is 22.8 Å². The molecule has 2 amide bonds. The third kappa shape index (κ3) is 4.28. The molecular formula is C22H23N3O3. The Morgan fingerprint density at radius 2 is 1.54 bits per heavy atom. The van der Waals surface area contributed by atoms with E-state index in [0.717, 1.165) is 10.9 Å². The first-order chi connectivity index (χ1) is 13.1. The summed E-state index contributed by atoms with van der Waals surface area (Å²) < 4.78 is 0. The van der Waals surface area contributed by atoms with Gasteiger partial charge in [0.05, 0.1) is 5.52 Å². The Labute approximate surface area is 163 Å². The molecule has 6 nitrogen and oxygen atoms in total. The van der Waals surface area contributed by atoms with Crippen molar-refractivity contribution >= 4 is 34.1 Å². The average Bonchev–Trinajstić information content (AvgIpc) is 2.60. The van der Waals surface area contributed by atoms with Crippen molar-refractivity contribution in [3.05, 3.63) is 70.0 Å². The number of aromatic nitrogens is 1. The second kappa shape index (κ2) is 7.31. The normalized spacial score (nSPS) is 11.3. The number of benzene rings is 2. The molecule has 0 aliphatic rings. The number of hydrogen-bond acceptors (Lipinski definition) is 3. The van der Waals surface area contributed by atoms with Gasteiger partial charge in [-0.25, -0.2) is 0 Å². The summed E-state index contributed by atoms with van der Waals surface area (Å²) in [5.74, 6) is -0.444. The molecule has 0 saturated heterocycles. The Morgan fingerprint density at radius 3 is 2.14 bits per heavy atom. The lowest BCUT2D eigenvalue weighted by molar-refractivity contribution is -0.114. The van der Waals surface area contributed by atoms with E-state index in [1.54, 1.807) is 36.4 Å². The molecule has 0 spiro atoms. The number of aromatic amines is 1. The fourth-order valence-corrected chi connectivity index (χ4v) is 3.07. The molecule has 28 heavy (non-hydrogen) atoms. The Kier molecular flexibility index (Phi) is 5.05. The number of pyridine rings is 1. The van der Waals surface area contributed by atoms with Gasteiger partial charge in [0.1, 0.15) is 0 Å². The minimum atomic E-state index is -0.275. The Hall–Kier alpha value is -3.41. The third-order valence-corrected chi connectivity index (χ3v) is 4.38. The summed E-state index contributed by atoms with van der Waals surface area (Å²) in [6.07, 6.45) is 0. The highest BCUT2D eigenvalue weighted by molar-refractivity contribution is 6.05. The summed E-state index contributed by atoms with van der Waals surface area (Å²) in [5, 5.41) is 6.45. The highest BCUT2D eigenvalue weighted by Crippen LogP contribution is 2.29. The van der Waals surface area contributed by atoms with Crippen LogP contribution < -0.4 is 16.2 Å². The standard InChI is InChI=1S/C22H23N3O3/c1-13(26)23-15-7-5-14(6-8-15)21(28)24-16-9-10-17-18(22(2,3)4)12-20(27)25-19(17)11-16/h5-12H,1-4H3,(H,23,26)(H,24,28)(H,25,27). The van der Waals surface area contributed by atoms with E-state index in [1.165, 1.54) is 6.92 Å². The van der Waals surface area contributed by atoms with Crippen molar-refractivity contribution in [2.45, 2.75) is 33.1 Å². The van der Waals surface area contributed by atoms with Gasteiger partial charge >= 0.3 is 0 Å². The summed E-state index contributed by atoms with van der Waals surface area (Å²) >= 11 is 0. The SMILES string of the molecule is CC(=O)Nc1ccc(C(=O)Nc2ccc3c(C(C)(C)C)cc(=O)[nH]c3c2)cc1. The lowest BCUT2D eigenvalue weighted by atomic mass is 9.85. The summed E-state index contributed by atoms with van der Waals surface area (Å²) in [5.41, 5.74) is 2.97. The number of anilines is 2. The monoisotopic (exact) mass is 377 g/mol. The molecule has 3 N–H and O–H groups in total. The van der Waals surface area contributed by atoms with Gasteiger partial charge in [0.15, 0.2) is 0 Å². The third-order valence-electron chi connectivity index (χ3n) is 4.38. The van der Waals surface area contributed by atoms with E-state index in [9.17, 15) is 14.4 Å². The minimum Gasteiger partial charge on any atom is -0.326 e. The van der Waals surface area contributed by atoms with Gasteiger partial charge in [-0.15, -0.1) is 0 Å². The van der Waals surface area contributed by atoms with Crippen LogP contribution in [0.1, 0.15) is 43.6 Å². The van der Waals surface area contributed by atoms with Gasteiger partial charge in [-0.3, -0.25) is 14.4 Å². The fourth-order valence-electron chi connectivity index (χ4n) is 3.07. The van der Waals surface area contributed by atoms with Gasteiger partial charge in [0.2, 0.25) is 11.5 Å². The molecule has 1 heterocycles. The maximum Gasteiger partial charge on any atom is 0.255 e. The first-order valence-corrected chi connectivity index (χ1v) is 9.00. The van der Waals surface area contributed by atoms with E-state index in [1.807, 2.05) is 12.1 Å². The number of hydrogen-bond donors (Lipinski definition) is 3. The van der Waals surface area contributed by atoms with Crippen LogP contribution in [0.3, 0.4) is 0 Å². The first kappa shape index (κ1) is 19.4. The summed E-state index contributed by atoms with van der Waals surface area (Å²) in [6.45, 7) is 7.60. The predicted octanol–water partition coefficient (Wildman–Crippen LogP) is 4.04. The van der Waals surface area contributed by atoms with Crippen molar-refractivity contribution < 1.29 is 9.59 Å². The molecule has 0 bridgehead atoms. The molecule has 0 radical (unpaired) electrons. The van der Waals surface area contributed by atoms with Crippen molar-refractivity contribution in [2.75, 3.05) is 10.6 Å². The van der Waals surface area contributed by atoms with Crippen molar-refractivity contribution in [3.63, 3.8) is 0 Å². The summed E-state index contributed by atoms with van der Waals surface area (Å²) in [4.78, 5) is 38.5. The predicted molar refractivity (Wildman–Crippen MR) is 112 cm³/mol. The molecule has 0 aliphatic carbocycles. The van der Waals surface area contributed by atoms with Gasteiger partial charge in [-0.05, 0) is 47.4 Å². The number of carbonyl (C=O) groups excluding carboxylic acids is 2. The van der Waals surface area contributed by atoms with E-state index in [0.29, 0.717) is 22.5 Å². The fraction of sp³-hybridized carbons (Fsp3) is 0.227. The van der Waals surface area contributed by atoms with Gasteiger partial charge in [0, 0.05) is 35.3 Å². The van der Waals surface area contributed by atoms with Crippen molar-refractivity contribution in [3.8, 4) is 0 Å². The molecule has 0 fully saturated rings. The molecule has 6 heteroatoms. The molecule has 2 aromatic carbocycles. The number of fused-ring (bicyclic) bond motifs is 1. The lowest BCUT2D eigenvalue weighted by Crippen LogP contribution is -2.17. The number of H-pyrrole nitrogens is 1. The van der Waals surface area contributed by atoms with E-state index in [2.05, 4.69) is 36.4 Å². The Bertz CT molecular complexity index is 1110. The van der Waals surface area contributed by atoms with E-state index >= 15 is 0 Å². The van der Waals surface area contributed by atoms with Crippen LogP contribution in [0.15, 0.2) is 53.3 Å². The molecule has 3 aromatic rings. The molecular weight excluding hydrogens is 354 g/mol. The van der Waals surface area contributed by atoms with Crippen LogP contribution in [0.25, 0.3) is 10.9 Å². The van der Waals surface area contributed by atoms with Crippen LogP contribution in [0.4, 0.5) is 11.4 Å². The van der Waals surface area contributed by atoms with Gasteiger partial charge < -0.3 is 15.6 Å². The van der Waals surface area contributed by atoms with E-state index in [4.69, 9.17) is 0 Å². The van der Waals surface area contributed by atoms with Crippen LogP contribution >= 0.6 is 0 Å². The van der Waals surface area contributed by atoms with Gasteiger partial charge in [-0.1, -0.05) is 26.8 Å². The maximum absolute atomic E-state index is 12.5. The summed E-state index contributed by atoms with van der Waals surface area (Å²) in [7, 11) is 0. The lowest BCUT2D eigenvalue weighted by Gasteiger charge is -2.21. The first-order valence-electron chi connectivity index (χ1n) is 9.00. The van der Waals surface area contributed by atoms with Crippen LogP contribution in [0, 0.1) is 0 Å². The molecule has 0 aliphatic heterocycles. The zero-order valence-corrected chi connectivity index (χ0v) is 16.3. The van der Waals surface area contributed by atoms with Crippen molar-refractivity contribution in [1.82, 2.24) is 4.98 Å². The zero-order valence-electron chi connectivity index (χ0n) is 16.3. The van der Waals surface area contributed by atoms with Gasteiger partial charge in [0.25, 0.3) is 5.91 Å². The highest BCUT2D eigenvalue weighted by Gasteiger charge is 2.18. The van der Waals surface area contributed by atoms with E-state index < -0.39 is 0 Å². The number of nitrogens with one attached hydrogen (secondary N) is 3. The number of rotatable bonds is 3. The van der Waals surface area contributed by atoms with Crippen molar-refractivity contribution in [1.29, 1.82) is 0 Å². The molecule has 1 aromatic heterocycles. The highest BCUT2D eigenvalue weighted by atomic mass is 16.2. The molecule has 0 unspecified atom stereocenters. The second-order valence-electron chi connectivity index (χ2n) is 7.77. The topological polar surface area (TPSA) is 91.1 Å². The number of carbonyl (C=O) groups is 2. The molecule has 0 saturated carbocycles. The summed E-state index contributed by atoms with van der Waals surface area (Å²) in [6, 6.07) is 13.7. The van der Waals surface area contributed by atoms with Crippen molar-refractivity contribution in [2.24, 2.45) is 0 Å². The van der Waals surface area contributed by atoms with Crippen LogP contribution in [0.5, 0.6) is 0 Å². The number of amides is 2. The molecule has 3 rings (SSSR count). The van der Waals surface area contributed by atoms with Crippen LogP contribution in [0.2, 0.25) is 0 Å². The Balaban J connectivity index is 1.87. The Morgan fingerprint density at radius 1 is 0.893 bits per heavy atom. The smallest absolute Gasteiger partial charge is 0.255 e. The second-order valence-corrected chi connectivity index (χ2v) is 7.77. The minimum absolute atomic E-state index is 0.169. The van der Waals surface area contributed by atoms with Crippen LogP contribution in [-0.4, -0.2) is 16.8 Å². The largest absolute Gasteiger partial charge is 0.326 e. The van der Waals surface area contributed by atoms with Crippen LogP contribution in [-0.2, 0) is 10.2 Å². The molecule has 144 valence electrons. The molecule has 0 atom stereocenters. The van der Waals surface area contributed by atoms with Gasteiger partial charge in [-0.2, -0.15) is 0 Å². The average molecular weight is 377 g/mol. The quantitative estimate of drug-likeness (QED) is 0.643. The zero-order chi connectivity index (χ0) is 20.5. The maximum atomic E-state index is 12.5.